The van der Waals surface area contributed by atoms with Crippen LogP contribution in [0.2, 0.25) is 5.02 Å². The second-order valence-corrected chi connectivity index (χ2v) is 6.34. The van der Waals surface area contributed by atoms with Gasteiger partial charge in [-0.3, -0.25) is 4.79 Å². The molecular weight excluding hydrogens is 310 g/mol. The molecule has 1 atom stereocenters. The summed E-state index contributed by atoms with van der Waals surface area (Å²) in [5.74, 6) is 0.932. The van der Waals surface area contributed by atoms with Gasteiger partial charge in [0.15, 0.2) is 6.61 Å². The van der Waals surface area contributed by atoms with Crippen LogP contribution >= 0.6 is 11.6 Å². The molecule has 1 N–H and O–H groups in total. The number of rotatable bonds is 7. The number of hydrogen-bond donors (Lipinski definition) is 1. The second kappa shape index (κ2) is 8.59. The lowest BCUT2D eigenvalue weighted by Crippen LogP contribution is -2.33. The van der Waals surface area contributed by atoms with Crippen molar-refractivity contribution < 1.29 is 9.53 Å². The Morgan fingerprint density at radius 3 is 2.52 bits per heavy atom. The van der Waals surface area contributed by atoms with Crippen LogP contribution in [0.4, 0.5) is 0 Å². The van der Waals surface area contributed by atoms with Gasteiger partial charge >= 0.3 is 0 Å². The van der Waals surface area contributed by atoms with Gasteiger partial charge in [-0.2, -0.15) is 0 Å². The number of carbonyl (C=O) groups excluding carboxylic acids is 1. The first kappa shape index (κ1) is 17.4. The lowest BCUT2D eigenvalue weighted by molar-refractivity contribution is -0.124. The predicted octanol–water partition coefficient (Wildman–Crippen LogP) is 4.62. The Balaban J connectivity index is 1.95. The largest absolute Gasteiger partial charge is 0.484 e. The van der Waals surface area contributed by atoms with Crippen molar-refractivity contribution in [2.24, 2.45) is 5.92 Å². The zero-order chi connectivity index (χ0) is 16.7. The molecule has 0 heterocycles. The summed E-state index contributed by atoms with van der Waals surface area (Å²) in [6.07, 6.45) is 0.882. The summed E-state index contributed by atoms with van der Waals surface area (Å²) in [6, 6.07) is 17.0. The minimum Gasteiger partial charge on any atom is -0.484 e. The fourth-order valence-electron chi connectivity index (χ4n) is 2.38. The van der Waals surface area contributed by atoms with Crippen molar-refractivity contribution >= 4 is 17.5 Å². The summed E-state index contributed by atoms with van der Waals surface area (Å²) >= 11 is 5.90. The summed E-state index contributed by atoms with van der Waals surface area (Å²) in [5.41, 5.74) is 1.11. The molecule has 0 unspecified atom stereocenters. The summed E-state index contributed by atoms with van der Waals surface area (Å²) in [6.45, 7) is 4.26. The Morgan fingerprint density at radius 1 is 1.13 bits per heavy atom. The fraction of sp³-hybridized carbons (Fsp3) is 0.316. The van der Waals surface area contributed by atoms with Crippen molar-refractivity contribution in [3.8, 4) is 5.75 Å². The van der Waals surface area contributed by atoms with Gasteiger partial charge in [-0.25, -0.2) is 0 Å². The third-order valence-electron chi connectivity index (χ3n) is 3.41. The third kappa shape index (κ3) is 5.95. The van der Waals surface area contributed by atoms with E-state index in [1.165, 1.54) is 0 Å². The van der Waals surface area contributed by atoms with Gasteiger partial charge in [0.1, 0.15) is 5.75 Å². The molecule has 0 aliphatic rings. The Bertz CT molecular complexity index is 628. The van der Waals surface area contributed by atoms with Gasteiger partial charge < -0.3 is 10.1 Å². The first-order chi connectivity index (χ1) is 11.0. The summed E-state index contributed by atoms with van der Waals surface area (Å²) in [4.78, 5) is 12.2. The molecule has 0 spiro atoms. The monoisotopic (exact) mass is 331 g/mol. The zero-order valence-electron chi connectivity index (χ0n) is 13.5. The zero-order valence-corrected chi connectivity index (χ0v) is 14.2. The molecule has 0 aliphatic heterocycles. The topological polar surface area (TPSA) is 38.3 Å². The van der Waals surface area contributed by atoms with E-state index in [0.717, 1.165) is 12.0 Å². The normalized spacial score (nSPS) is 12.0. The van der Waals surface area contributed by atoms with Crippen LogP contribution in [-0.4, -0.2) is 12.5 Å². The molecule has 2 aromatic carbocycles. The molecule has 0 radical (unpaired) electrons. The van der Waals surface area contributed by atoms with Crippen LogP contribution < -0.4 is 10.1 Å². The van der Waals surface area contributed by atoms with E-state index in [2.05, 4.69) is 19.2 Å². The van der Waals surface area contributed by atoms with Crippen molar-refractivity contribution in [2.75, 3.05) is 6.61 Å². The maximum absolute atomic E-state index is 12.2. The van der Waals surface area contributed by atoms with Crippen LogP contribution in [0, 0.1) is 5.92 Å². The molecule has 0 aliphatic carbocycles. The molecule has 3 nitrogen and oxygen atoms in total. The smallest absolute Gasteiger partial charge is 0.258 e. The van der Waals surface area contributed by atoms with E-state index in [4.69, 9.17) is 16.3 Å². The number of amides is 1. The van der Waals surface area contributed by atoms with E-state index in [-0.39, 0.29) is 18.6 Å². The highest BCUT2D eigenvalue weighted by Gasteiger charge is 2.16. The molecular formula is C19H22ClNO2. The van der Waals surface area contributed by atoms with Crippen LogP contribution in [0.5, 0.6) is 5.75 Å². The fourth-order valence-corrected chi connectivity index (χ4v) is 2.56. The molecule has 0 saturated heterocycles. The second-order valence-electron chi connectivity index (χ2n) is 5.91. The minimum absolute atomic E-state index is 0.00772. The Labute approximate surface area is 142 Å². The molecule has 1 amide bonds. The number of halogens is 1. The number of ether oxygens (including phenoxy) is 1. The van der Waals surface area contributed by atoms with E-state index in [1.54, 1.807) is 24.3 Å². The molecule has 4 heteroatoms. The quantitative estimate of drug-likeness (QED) is 0.803. The Hall–Kier alpha value is -2.00. The van der Waals surface area contributed by atoms with Crippen LogP contribution in [-0.2, 0) is 4.79 Å². The van der Waals surface area contributed by atoms with E-state index in [9.17, 15) is 4.79 Å². The van der Waals surface area contributed by atoms with Gasteiger partial charge in [-0.05, 0) is 36.1 Å². The molecule has 0 aromatic heterocycles. The molecule has 122 valence electrons. The van der Waals surface area contributed by atoms with Crippen molar-refractivity contribution in [2.45, 2.75) is 26.3 Å². The summed E-state index contributed by atoms with van der Waals surface area (Å²) in [7, 11) is 0. The van der Waals surface area contributed by atoms with E-state index in [1.807, 2.05) is 30.3 Å². The maximum Gasteiger partial charge on any atom is 0.258 e. The minimum atomic E-state index is -0.139. The SMILES string of the molecule is CC(C)C[C@H](NC(=O)COc1cccc(Cl)c1)c1ccccc1. The highest BCUT2D eigenvalue weighted by atomic mass is 35.5. The van der Waals surface area contributed by atoms with E-state index >= 15 is 0 Å². The van der Waals surface area contributed by atoms with Crippen molar-refractivity contribution in [3.63, 3.8) is 0 Å². The highest BCUT2D eigenvalue weighted by Crippen LogP contribution is 2.21. The number of carbonyl (C=O) groups is 1. The van der Waals surface area contributed by atoms with Crippen LogP contribution in [0.15, 0.2) is 54.6 Å². The average Bonchev–Trinajstić information content (AvgIpc) is 2.53. The molecule has 23 heavy (non-hydrogen) atoms. The van der Waals surface area contributed by atoms with E-state index in [0.29, 0.717) is 16.7 Å². The highest BCUT2D eigenvalue weighted by molar-refractivity contribution is 6.30. The van der Waals surface area contributed by atoms with Gasteiger partial charge in [-0.1, -0.05) is 61.8 Å². The first-order valence-corrected chi connectivity index (χ1v) is 8.15. The standard InChI is InChI=1S/C19H22ClNO2/c1-14(2)11-18(15-7-4-3-5-8-15)21-19(22)13-23-17-10-6-9-16(20)12-17/h3-10,12,14,18H,11,13H2,1-2H3,(H,21,22)/t18-/m0/s1. The Morgan fingerprint density at radius 2 is 1.87 bits per heavy atom. The van der Waals surface area contributed by atoms with Crippen molar-refractivity contribution in [1.82, 2.24) is 5.32 Å². The molecule has 2 aromatic rings. The molecule has 0 bridgehead atoms. The van der Waals surface area contributed by atoms with Crippen LogP contribution in [0.3, 0.4) is 0 Å². The van der Waals surface area contributed by atoms with Gasteiger partial charge in [-0.15, -0.1) is 0 Å². The van der Waals surface area contributed by atoms with Gasteiger partial charge in [0.05, 0.1) is 6.04 Å². The van der Waals surface area contributed by atoms with Gasteiger partial charge in [0, 0.05) is 5.02 Å². The third-order valence-corrected chi connectivity index (χ3v) is 3.65. The average molecular weight is 332 g/mol. The van der Waals surface area contributed by atoms with Crippen molar-refractivity contribution in [1.29, 1.82) is 0 Å². The molecule has 2 rings (SSSR count). The van der Waals surface area contributed by atoms with Gasteiger partial charge in [0.2, 0.25) is 0 Å². The maximum atomic E-state index is 12.2. The van der Waals surface area contributed by atoms with Crippen LogP contribution in [0.25, 0.3) is 0 Å². The van der Waals surface area contributed by atoms with Crippen molar-refractivity contribution in [3.05, 3.63) is 65.2 Å². The lowest BCUT2D eigenvalue weighted by Gasteiger charge is -2.21. The number of nitrogens with one attached hydrogen (secondary N) is 1. The summed E-state index contributed by atoms with van der Waals surface area (Å²) in [5, 5.41) is 3.64. The number of hydrogen-bond acceptors (Lipinski definition) is 2. The molecule has 0 fully saturated rings. The summed E-state index contributed by atoms with van der Waals surface area (Å²) < 4.78 is 5.49. The van der Waals surface area contributed by atoms with Gasteiger partial charge in [0.25, 0.3) is 5.91 Å². The molecule has 0 saturated carbocycles. The lowest BCUT2D eigenvalue weighted by atomic mass is 9.97. The Kier molecular flexibility index (Phi) is 6.48. The predicted molar refractivity (Wildman–Crippen MR) is 93.7 cm³/mol. The van der Waals surface area contributed by atoms with E-state index < -0.39 is 0 Å². The van der Waals surface area contributed by atoms with Crippen LogP contribution in [0.1, 0.15) is 31.9 Å². The number of benzene rings is 2. The first-order valence-electron chi connectivity index (χ1n) is 7.77.